The highest BCUT2D eigenvalue weighted by Crippen LogP contribution is 2.24. The van der Waals surface area contributed by atoms with Crippen molar-refractivity contribution in [3.8, 4) is 17.4 Å². The van der Waals surface area contributed by atoms with Gasteiger partial charge in [0.1, 0.15) is 11.5 Å². The molecule has 30 heavy (non-hydrogen) atoms. The SMILES string of the molecule is I.NC(=NCc1cccnc1OCC(F)F)Nc1cccc(Oc2ccccc2)c1. The van der Waals surface area contributed by atoms with Gasteiger partial charge in [-0.05, 0) is 30.3 Å². The highest BCUT2D eigenvalue weighted by atomic mass is 127. The molecule has 0 atom stereocenters. The van der Waals surface area contributed by atoms with E-state index in [1.54, 1.807) is 18.2 Å². The quantitative estimate of drug-likeness (QED) is 0.244. The first-order valence-electron chi connectivity index (χ1n) is 8.85. The predicted molar refractivity (Wildman–Crippen MR) is 123 cm³/mol. The van der Waals surface area contributed by atoms with Crippen molar-refractivity contribution in [2.75, 3.05) is 11.9 Å². The lowest BCUT2D eigenvalue weighted by Gasteiger charge is -2.10. The summed E-state index contributed by atoms with van der Waals surface area (Å²) in [5.74, 6) is 1.64. The van der Waals surface area contributed by atoms with E-state index in [9.17, 15) is 8.78 Å². The van der Waals surface area contributed by atoms with E-state index in [4.69, 9.17) is 15.2 Å². The largest absolute Gasteiger partial charge is 0.471 e. The Morgan fingerprint density at radius 2 is 1.80 bits per heavy atom. The van der Waals surface area contributed by atoms with Crippen molar-refractivity contribution in [3.05, 3.63) is 78.5 Å². The minimum atomic E-state index is -2.58. The number of hydrogen-bond acceptors (Lipinski definition) is 4. The number of nitrogens with two attached hydrogens (primary N) is 1. The van der Waals surface area contributed by atoms with Crippen LogP contribution in [-0.4, -0.2) is 24.0 Å². The Morgan fingerprint density at radius 1 is 1.03 bits per heavy atom. The predicted octanol–water partition coefficient (Wildman–Crippen LogP) is 5.06. The number of pyridine rings is 1. The third-order valence-electron chi connectivity index (χ3n) is 3.70. The zero-order valence-electron chi connectivity index (χ0n) is 15.9. The van der Waals surface area contributed by atoms with Crippen molar-refractivity contribution < 1.29 is 18.3 Å². The van der Waals surface area contributed by atoms with E-state index in [1.807, 2.05) is 48.5 Å². The van der Waals surface area contributed by atoms with Crippen molar-refractivity contribution in [2.45, 2.75) is 13.0 Å². The van der Waals surface area contributed by atoms with Gasteiger partial charge in [0.25, 0.3) is 6.43 Å². The normalized spacial score (nSPS) is 11.0. The second-order valence-electron chi connectivity index (χ2n) is 5.94. The molecule has 0 unspecified atom stereocenters. The number of rotatable bonds is 8. The fourth-order valence-corrected chi connectivity index (χ4v) is 2.44. The molecule has 0 saturated carbocycles. The zero-order chi connectivity index (χ0) is 20.5. The molecule has 3 N–H and O–H groups in total. The molecule has 0 spiro atoms. The standard InChI is InChI=1S/C21H20F2N4O2.HI/c22-19(23)14-28-20-15(6-5-11-25-20)13-26-21(24)27-16-7-4-10-18(12-16)29-17-8-2-1-3-9-17;/h1-12,19H,13-14H2,(H3,24,26,27);1H. The van der Waals surface area contributed by atoms with Crippen LogP contribution in [0.5, 0.6) is 17.4 Å². The fourth-order valence-electron chi connectivity index (χ4n) is 2.44. The van der Waals surface area contributed by atoms with E-state index in [0.717, 1.165) is 5.75 Å². The van der Waals surface area contributed by atoms with Crippen LogP contribution in [0.25, 0.3) is 0 Å². The second-order valence-corrected chi connectivity index (χ2v) is 5.94. The number of para-hydroxylation sites is 1. The van der Waals surface area contributed by atoms with Gasteiger partial charge in [0.2, 0.25) is 5.88 Å². The average Bonchev–Trinajstić information content (AvgIpc) is 2.72. The molecule has 0 radical (unpaired) electrons. The van der Waals surface area contributed by atoms with Gasteiger partial charge < -0.3 is 20.5 Å². The van der Waals surface area contributed by atoms with Gasteiger partial charge in [0, 0.05) is 23.5 Å². The van der Waals surface area contributed by atoms with Gasteiger partial charge in [-0.2, -0.15) is 0 Å². The maximum absolute atomic E-state index is 12.4. The molecule has 0 bridgehead atoms. The first kappa shape index (κ1) is 23.3. The van der Waals surface area contributed by atoms with E-state index in [2.05, 4.69) is 15.3 Å². The first-order valence-corrected chi connectivity index (χ1v) is 8.85. The lowest BCUT2D eigenvalue weighted by atomic mass is 10.3. The van der Waals surface area contributed by atoms with Crippen LogP contribution in [0.3, 0.4) is 0 Å². The molecule has 2 aromatic carbocycles. The maximum Gasteiger partial charge on any atom is 0.272 e. The molecule has 1 aromatic heterocycles. The molecule has 9 heteroatoms. The molecular weight excluding hydrogens is 505 g/mol. The van der Waals surface area contributed by atoms with Crippen molar-refractivity contribution in [1.29, 1.82) is 0 Å². The van der Waals surface area contributed by atoms with Crippen LogP contribution in [0.2, 0.25) is 0 Å². The van der Waals surface area contributed by atoms with Crippen LogP contribution in [0.1, 0.15) is 5.56 Å². The summed E-state index contributed by atoms with van der Waals surface area (Å²) in [7, 11) is 0. The highest BCUT2D eigenvalue weighted by Gasteiger charge is 2.09. The molecule has 3 rings (SSSR count). The number of nitrogens with zero attached hydrogens (tertiary/aromatic N) is 2. The summed E-state index contributed by atoms with van der Waals surface area (Å²) in [6.07, 6.45) is -1.11. The fraction of sp³-hybridized carbons (Fsp3) is 0.143. The van der Waals surface area contributed by atoms with E-state index in [1.165, 1.54) is 6.20 Å². The van der Waals surface area contributed by atoms with E-state index < -0.39 is 13.0 Å². The van der Waals surface area contributed by atoms with Crippen molar-refractivity contribution >= 4 is 35.6 Å². The number of halogens is 3. The van der Waals surface area contributed by atoms with E-state index in [-0.39, 0.29) is 42.4 Å². The van der Waals surface area contributed by atoms with Crippen LogP contribution in [0.15, 0.2) is 77.9 Å². The number of alkyl halides is 2. The third kappa shape index (κ3) is 7.47. The van der Waals surface area contributed by atoms with E-state index >= 15 is 0 Å². The summed E-state index contributed by atoms with van der Waals surface area (Å²) in [4.78, 5) is 8.19. The molecule has 6 nitrogen and oxygen atoms in total. The average molecular weight is 526 g/mol. The third-order valence-corrected chi connectivity index (χ3v) is 3.70. The molecule has 0 fully saturated rings. The zero-order valence-corrected chi connectivity index (χ0v) is 18.2. The summed E-state index contributed by atoms with van der Waals surface area (Å²) in [6, 6.07) is 20.0. The topological polar surface area (TPSA) is 81.8 Å². The van der Waals surface area contributed by atoms with Crippen LogP contribution in [-0.2, 0) is 6.54 Å². The minimum Gasteiger partial charge on any atom is -0.471 e. The van der Waals surface area contributed by atoms with Crippen molar-refractivity contribution in [1.82, 2.24) is 4.98 Å². The molecule has 1 heterocycles. The molecule has 0 saturated heterocycles. The Kier molecular flexibility index (Phi) is 9.26. The van der Waals surface area contributed by atoms with Crippen LogP contribution in [0.4, 0.5) is 14.5 Å². The van der Waals surface area contributed by atoms with Gasteiger partial charge in [-0.15, -0.1) is 24.0 Å². The highest BCUT2D eigenvalue weighted by molar-refractivity contribution is 14.0. The summed E-state index contributed by atoms with van der Waals surface area (Å²) in [6.45, 7) is -0.596. The smallest absolute Gasteiger partial charge is 0.272 e. The van der Waals surface area contributed by atoms with E-state index in [0.29, 0.717) is 17.0 Å². The Hall–Kier alpha value is -2.95. The molecule has 158 valence electrons. The van der Waals surface area contributed by atoms with Gasteiger partial charge >= 0.3 is 0 Å². The van der Waals surface area contributed by atoms with Crippen LogP contribution < -0.4 is 20.5 Å². The van der Waals surface area contributed by atoms with Crippen LogP contribution in [0, 0.1) is 0 Å². The Balaban J connectivity index is 0.00000320. The van der Waals surface area contributed by atoms with Crippen LogP contribution >= 0.6 is 24.0 Å². The molecule has 3 aromatic rings. The van der Waals surface area contributed by atoms with Crippen molar-refractivity contribution in [3.63, 3.8) is 0 Å². The Bertz CT molecular complexity index is 959. The van der Waals surface area contributed by atoms with Gasteiger partial charge in [0.15, 0.2) is 12.6 Å². The minimum absolute atomic E-state index is 0. The summed E-state index contributed by atoms with van der Waals surface area (Å²) >= 11 is 0. The number of aromatic nitrogens is 1. The summed E-state index contributed by atoms with van der Waals surface area (Å²) in [5, 5.41) is 2.97. The number of anilines is 1. The summed E-state index contributed by atoms with van der Waals surface area (Å²) in [5.41, 5.74) is 7.19. The molecule has 0 amide bonds. The van der Waals surface area contributed by atoms with Crippen molar-refractivity contribution in [2.24, 2.45) is 10.7 Å². The molecule has 0 aliphatic heterocycles. The number of benzene rings is 2. The van der Waals surface area contributed by atoms with Gasteiger partial charge in [-0.1, -0.05) is 30.3 Å². The Labute approximate surface area is 190 Å². The first-order chi connectivity index (χ1) is 14.1. The molecule has 0 aliphatic carbocycles. The lowest BCUT2D eigenvalue weighted by Crippen LogP contribution is -2.22. The number of nitrogens with one attached hydrogen (secondary N) is 1. The monoisotopic (exact) mass is 526 g/mol. The number of guanidine groups is 1. The second kappa shape index (κ2) is 11.9. The van der Waals surface area contributed by atoms with Gasteiger partial charge in [0.05, 0.1) is 6.54 Å². The molecule has 0 aliphatic rings. The maximum atomic E-state index is 12.4. The number of aliphatic imine (C=N–C) groups is 1. The summed E-state index contributed by atoms with van der Waals surface area (Å²) < 4.78 is 35.5. The Morgan fingerprint density at radius 3 is 2.57 bits per heavy atom. The number of ether oxygens (including phenoxy) is 2. The number of hydrogen-bond donors (Lipinski definition) is 2. The lowest BCUT2D eigenvalue weighted by molar-refractivity contribution is 0.0791. The van der Waals surface area contributed by atoms with Gasteiger partial charge in [-0.3, -0.25) is 0 Å². The molecular formula is C21H21F2IN4O2. The van der Waals surface area contributed by atoms with Gasteiger partial charge in [-0.25, -0.2) is 18.8 Å².